The minimum Gasteiger partial charge on any atom is -0.444 e. The molecule has 3 amide bonds. The number of amides is 3. The van der Waals surface area contributed by atoms with Crippen molar-refractivity contribution < 1.29 is 27.5 Å². The van der Waals surface area contributed by atoms with Crippen LogP contribution in [0.15, 0.2) is 42.5 Å². The number of nitrogens with one attached hydrogen (secondary N) is 2. The largest absolute Gasteiger partial charge is 0.444 e. The second-order valence-corrected chi connectivity index (χ2v) is 14.9. The van der Waals surface area contributed by atoms with Crippen LogP contribution in [-0.4, -0.2) is 81.3 Å². The SMILES string of the molecule is C[C@@H]1C[C@H]1CN(C)c1cc(C(=O)NNC(=O)[C@@H]2[C@H](c3ccccc3)CCCN2C(=O)OC(C)(C)C)cc(N(C)S(C)(=O)=O)n1. The fraction of sp³-hybridized carbons (Fsp3) is 0.548. The molecule has 1 saturated heterocycles. The molecule has 1 saturated carbocycles. The van der Waals surface area contributed by atoms with Crippen LogP contribution in [0, 0.1) is 11.8 Å². The first-order chi connectivity index (χ1) is 20.5. The van der Waals surface area contributed by atoms with E-state index in [1.54, 1.807) is 26.8 Å². The number of carbonyl (C=O) groups is 3. The average molecular weight is 629 g/mol. The lowest BCUT2D eigenvalue weighted by Gasteiger charge is -2.40. The lowest BCUT2D eigenvalue weighted by atomic mass is 9.83. The van der Waals surface area contributed by atoms with Crippen molar-refractivity contribution in [1.82, 2.24) is 20.7 Å². The predicted molar refractivity (Wildman–Crippen MR) is 169 cm³/mol. The summed E-state index contributed by atoms with van der Waals surface area (Å²) in [7, 11) is -0.446. The van der Waals surface area contributed by atoms with Crippen LogP contribution in [0.2, 0.25) is 0 Å². The zero-order chi connectivity index (χ0) is 32.4. The Labute approximate surface area is 260 Å². The van der Waals surface area contributed by atoms with Crippen molar-refractivity contribution in [3.05, 3.63) is 53.6 Å². The fourth-order valence-corrected chi connectivity index (χ4v) is 5.85. The van der Waals surface area contributed by atoms with Gasteiger partial charge in [0.2, 0.25) is 10.0 Å². The predicted octanol–water partition coefficient (Wildman–Crippen LogP) is 3.51. The van der Waals surface area contributed by atoms with E-state index in [4.69, 9.17) is 4.74 Å². The molecule has 0 unspecified atom stereocenters. The first-order valence-corrected chi connectivity index (χ1v) is 16.7. The number of pyridine rings is 1. The van der Waals surface area contributed by atoms with Gasteiger partial charge >= 0.3 is 6.09 Å². The lowest BCUT2D eigenvalue weighted by Crippen LogP contribution is -2.58. The van der Waals surface area contributed by atoms with Gasteiger partial charge in [-0.2, -0.15) is 0 Å². The molecule has 13 heteroatoms. The van der Waals surface area contributed by atoms with Crippen LogP contribution in [0.25, 0.3) is 0 Å². The highest BCUT2D eigenvalue weighted by molar-refractivity contribution is 7.92. The highest BCUT2D eigenvalue weighted by Gasteiger charge is 2.42. The van der Waals surface area contributed by atoms with E-state index in [-0.39, 0.29) is 17.3 Å². The molecule has 12 nitrogen and oxygen atoms in total. The smallest absolute Gasteiger partial charge is 0.410 e. The molecule has 0 radical (unpaired) electrons. The number of carbonyl (C=O) groups excluding carboxylic acids is 3. The molecule has 4 atom stereocenters. The van der Waals surface area contributed by atoms with Crippen LogP contribution in [0.1, 0.15) is 68.8 Å². The maximum absolute atomic E-state index is 13.8. The van der Waals surface area contributed by atoms with Crippen LogP contribution in [0.5, 0.6) is 0 Å². The van der Waals surface area contributed by atoms with E-state index in [2.05, 4.69) is 22.8 Å². The Hall–Kier alpha value is -3.87. The van der Waals surface area contributed by atoms with Gasteiger partial charge in [-0.15, -0.1) is 0 Å². The van der Waals surface area contributed by atoms with Gasteiger partial charge in [0.05, 0.1) is 6.26 Å². The van der Waals surface area contributed by atoms with Crippen molar-refractivity contribution >= 4 is 39.6 Å². The van der Waals surface area contributed by atoms with E-state index >= 15 is 0 Å². The number of benzene rings is 1. The molecule has 1 aromatic carbocycles. The second-order valence-electron chi connectivity index (χ2n) is 12.9. The molecule has 2 fully saturated rings. The highest BCUT2D eigenvalue weighted by atomic mass is 32.2. The zero-order valence-corrected chi connectivity index (χ0v) is 27.3. The molecule has 240 valence electrons. The summed E-state index contributed by atoms with van der Waals surface area (Å²) in [6.45, 7) is 8.49. The van der Waals surface area contributed by atoms with Crippen LogP contribution < -0.4 is 20.1 Å². The van der Waals surface area contributed by atoms with E-state index in [9.17, 15) is 22.8 Å². The van der Waals surface area contributed by atoms with Gasteiger partial charge in [-0.1, -0.05) is 37.3 Å². The summed E-state index contributed by atoms with van der Waals surface area (Å²) in [5.74, 6) is 0.0449. The van der Waals surface area contributed by atoms with Gasteiger partial charge in [-0.3, -0.25) is 29.6 Å². The highest BCUT2D eigenvalue weighted by Crippen LogP contribution is 2.39. The number of anilines is 2. The molecule has 1 aliphatic carbocycles. The molecule has 2 heterocycles. The molecule has 0 spiro atoms. The Morgan fingerprint density at radius 2 is 1.70 bits per heavy atom. The maximum Gasteiger partial charge on any atom is 0.410 e. The Bertz CT molecular complexity index is 1480. The summed E-state index contributed by atoms with van der Waals surface area (Å²) >= 11 is 0. The number of rotatable bonds is 8. The zero-order valence-electron chi connectivity index (χ0n) is 26.5. The fourth-order valence-electron chi connectivity index (χ4n) is 5.42. The summed E-state index contributed by atoms with van der Waals surface area (Å²) in [4.78, 5) is 48.2. The number of nitrogens with zero attached hydrogens (tertiary/aromatic N) is 4. The molecule has 4 rings (SSSR count). The number of aromatic nitrogens is 1. The molecule has 1 aromatic heterocycles. The number of likely N-dealkylation sites (tertiary alicyclic amines) is 1. The van der Waals surface area contributed by atoms with Gasteiger partial charge in [0.25, 0.3) is 11.8 Å². The lowest BCUT2D eigenvalue weighted by molar-refractivity contribution is -0.129. The standard InChI is InChI=1S/C31H44N6O6S/c1-20-16-23(20)19-35(5)25-17-22(18-26(32-25)36(6)44(7,41)42)28(38)33-34-29(39)27-24(21-12-9-8-10-13-21)14-11-15-37(27)30(40)43-31(2,3)4/h8-10,12-13,17-18,20,23-24,27H,11,14-16,19H2,1-7H3,(H,33,38)(H,34,39)/t20-,23+,24+,27+/m1/s1. The van der Waals surface area contributed by atoms with Crippen molar-refractivity contribution in [3.8, 4) is 0 Å². The Kier molecular flexibility index (Phi) is 9.77. The number of sulfonamides is 1. The van der Waals surface area contributed by atoms with Gasteiger partial charge in [0.15, 0.2) is 0 Å². The van der Waals surface area contributed by atoms with Gasteiger partial charge in [-0.25, -0.2) is 18.2 Å². The maximum atomic E-state index is 13.8. The van der Waals surface area contributed by atoms with Crippen LogP contribution in [-0.2, 0) is 19.6 Å². The normalized spacial score (nSPS) is 21.7. The van der Waals surface area contributed by atoms with Crippen LogP contribution in [0.4, 0.5) is 16.4 Å². The minimum atomic E-state index is -3.66. The van der Waals surface area contributed by atoms with Gasteiger partial charge in [0.1, 0.15) is 23.3 Å². The van der Waals surface area contributed by atoms with Gasteiger partial charge < -0.3 is 9.64 Å². The number of hydrogen-bond donors (Lipinski definition) is 2. The summed E-state index contributed by atoms with van der Waals surface area (Å²) in [5.41, 5.74) is 5.25. The summed E-state index contributed by atoms with van der Waals surface area (Å²) in [6.07, 6.45) is 2.89. The van der Waals surface area contributed by atoms with Crippen molar-refractivity contribution in [2.24, 2.45) is 11.8 Å². The molecule has 0 bridgehead atoms. The quantitative estimate of drug-likeness (QED) is 0.423. The van der Waals surface area contributed by atoms with Crippen LogP contribution in [0.3, 0.4) is 0 Å². The number of piperidine rings is 1. The van der Waals surface area contributed by atoms with E-state index in [1.165, 1.54) is 18.0 Å². The number of ether oxygens (including phenoxy) is 1. The van der Waals surface area contributed by atoms with Gasteiger partial charge in [-0.05, 0) is 69.6 Å². The van der Waals surface area contributed by atoms with Crippen molar-refractivity contribution in [2.75, 3.05) is 42.6 Å². The van der Waals surface area contributed by atoms with Crippen molar-refractivity contribution in [3.63, 3.8) is 0 Å². The number of hydrogen-bond acceptors (Lipinski definition) is 8. The molecule has 44 heavy (non-hydrogen) atoms. The first kappa shape index (κ1) is 33.0. The van der Waals surface area contributed by atoms with E-state index in [0.717, 1.165) is 22.5 Å². The molecule has 1 aliphatic heterocycles. The average Bonchev–Trinajstić information content (AvgIpc) is 3.67. The van der Waals surface area contributed by atoms with E-state index in [1.807, 2.05) is 42.3 Å². The summed E-state index contributed by atoms with van der Waals surface area (Å²) in [6, 6.07) is 11.5. The number of hydrazine groups is 1. The molecule has 2 N–H and O–H groups in total. The minimum absolute atomic E-state index is 0.0738. The Morgan fingerprint density at radius 1 is 1.07 bits per heavy atom. The van der Waals surface area contributed by atoms with Gasteiger partial charge in [0, 0.05) is 38.7 Å². The third-order valence-electron chi connectivity index (χ3n) is 8.11. The van der Waals surface area contributed by atoms with E-state index < -0.39 is 39.6 Å². The monoisotopic (exact) mass is 628 g/mol. The third-order valence-corrected chi connectivity index (χ3v) is 9.29. The van der Waals surface area contributed by atoms with E-state index in [0.29, 0.717) is 43.6 Å². The molecule has 2 aromatic rings. The Balaban J connectivity index is 1.58. The van der Waals surface area contributed by atoms with Crippen LogP contribution >= 0.6 is 0 Å². The molecular weight excluding hydrogens is 584 g/mol. The second kappa shape index (κ2) is 13.0. The third kappa shape index (κ3) is 8.19. The molecular formula is C31H44N6O6S. The Morgan fingerprint density at radius 3 is 2.30 bits per heavy atom. The molecule has 2 aliphatic rings. The topological polar surface area (TPSA) is 141 Å². The summed E-state index contributed by atoms with van der Waals surface area (Å²) < 4.78 is 31.2. The summed E-state index contributed by atoms with van der Waals surface area (Å²) in [5, 5.41) is 0. The first-order valence-electron chi connectivity index (χ1n) is 14.9. The van der Waals surface area contributed by atoms with Crippen molar-refractivity contribution in [1.29, 1.82) is 0 Å². The van der Waals surface area contributed by atoms with Crippen molar-refractivity contribution in [2.45, 2.75) is 64.5 Å².